The van der Waals surface area contributed by atoms with Crippen LogP contribution in [0.4, 0.5) is 5.69 Å². The van der Waals surface area contributed by atoms with Crippen LogP contribution in [0, 0.1) is 0 Å². The lowest BCUT2D eigenvalue weighted by Crippen LogP contribution is -2.25. The molecular weight excluding hydrogens is 226 g/mol. The molecule has 0 spiro atoms. The van der Waals surface area contributed by atoms with Gasteiger partial charge in [-0.05, 0) is 35.9 Å². The number of ether oxygens (including phenoxy) is 1. The average Bonchev–Trinajstić information content (AvgIpc) is 2.82. The molecule has 0 radical (unpaired) electrons. The van der Waals surface area contributed by atoms with Crippen LogP contribution in [-0.2, 0) is 6.42 Å². The highest BCUT2D eigenvalue weighted by Crippen LogP contribution is 2.29. The van der Waals surface area contributed by atoms with E-state index in [-0.39, 0.29) is 5.78 Å². The normalized spacial score (nSPS) is 17.0. The van der Waals surface area contributed by atoms with Crippen molar-refractivity contribution in [2.24, 2.45) is 0 Å². The van der Waals surface area contributed by atoms with Gasteiger partial charge in [-0.2, -0.15) is 0 Å². The molecule has 3 rings (SSSR count). The fraction of sp³-hybridized carbons (Fsp3) is 0.133. The van der Waals surface area contributed by atoms with Gasteiger partial charge in [0, 0.05) is 17.7 Å². The van der Waals surface area contributed by atoms with Crippen molar-refractivity contribution in [2.45, 2.75) is 12.5 Å². The quantitative estimate of drug-likeness (QED) is 0.647. The number of hydrogen-bond acceptors (Lipinski definition) is 3. The Morgan fingerprint density at radius 2 is 1.83 bits per heavy atom. The Hall–Kier alpha value is -2.29. The molecule has 1 aliphatic rings. The largest absolute Gasteiger partial charge is 0.482 e. The van der Waals surface area contributed by atoms with Gasteiger partial charge in [-0.25, -0.2) is 0 Å². The van der Waals surface area contributed by atoms with E-state index in [4.69, 9.17) is 10.5 Å². The molecule has 18 heavy (non-hydrogen) atoms. The number of benzene rings is 2. The molecule has 0 saturated heterocycles. The average molecular weight is 239 g/mol. The first kappa shape index (κ1) is 10.8. The van der Waals surface area contributed by atoms with Crippen molar-refractivity contribution in [1.82, 2.24) is 0 Å². The molecule has 0 aliphatic carbocycles. The van der Waals surface area contributed by atoms with Crippen LogP contribution in [0.2, 0.25) is 0 Å². The van der Waals surface area contributed by atoms with Gasteiger partial charge in [0.1, 0.15) is 5.75 Å². The molecule has 3 nitrogen and oxygen atoms in total. The van der Waals surface area contributed by atoms with Crippen LogP contribution in [0.5, 0.6) is 5.75 Å². The third-order valence-electron chi connectivity index (χ3n) is 3.13. The minimum Gasteiger partial charge on any atom is -0.482 e. The van der Waals surface area contributed by atoms with Crippen LogP contribution in [-0.4, -0.2) is 11.9 Å². The van der Waals surface area contributed by atoms with Crippen molar-refractivity contribution < 1.29 is 9.53 Å². The standard InChI is InChI=1S/C15H13NO2/c16-12-7-5-10(6-8-12)15(17)14-9-11-3-1-2-4-13(11)18-14/h1-8,14H,9,16H2. The van der Waals surface area contributed by atoms with Crippen LogP contribution in [0.3, 0.4) is 0 Å². The summed E-state index contributed by atoms with van der Waals surface area (Å²) in [6.45, 7) is 0. The number of para-hydroxylation sites is 1. The zero-order valence-corrected chi connectivity index (χ0v) is 9.80. The van der Waals surface area contributed by atoms with Gasteiger partial charge >= 0.3 is 0 Å². The molecule has 0 bridgehead atoms. The number of rotatable bonds is 2. The number of carbonyl (C=O) groups is 1. The van der Waals surface area contributed by atoms with Gasteiger partial charge in [0.25, 0.3) is 0 Å². The summed E-state index contributed by atoms with van der Waals surface area (Å²) in [4.78, 5) is 12.3. The van der Waals surface area contributed by atoms with Gasteiger partial charge in [-0.1, -0.05) is 18.2 Å². The monoisotopic (exact) mass is 239 g/mol. The van der Waals surface area contributed by atoms with Crippen LogP contribution in [0.15, 0.2) is 48.5 Å². The van der Waals surface area contributed by atoms with Crippen molar-refractivity contribution >= 4 is 11.5 Å². The van der Waals surface area contributed by atoms with E-state index in [1.54, 1.807) is 24.3 Å². The summed E-state index contributed by atoms with van der Waals surface area (Å²) in [5.41, 5.74) is 7.99. The van der Waals surface area contributed by atoms with Crippen LogP contribution in [0.25, 0.3) is 0 Å². The summed E-state index contributed by atoms with van der Waals surface area (Å²) in [6, 6.07) is 14.7. The van der Waals surface area contributed by atoms with E-state index < -0.39 is 6.10 Å². The summed E-state index contributed by atoms with van der Waals surface area (Å²) in [7, 11) is 0. The van der Waals surface area contributed by atoms with Gasteiger partial charge in [0.15, 0.2) is 6.10 Å². The number of hydrogen-bond donors (Lipinski definition) is 1. The Labute approximate surface area is 105 Å². The zero-order valence-electron chi connectivity index (χ0n) is 9.80. The molecular formula is C15H13NO2. The Kier molecular flexibility index (Phi) is 2.52. The number of ketones is 1. The first-order valence-electron chi connectivity index (χ1n) is 5.88. The predicted octanol–water partition coefficient (Wildman–Crippen LogP) is 2.46. The Bertz CT molecular complexity index is 565. The molecule has 1 atom stereocenters. The second-order valence-corrected chi connectivity index (χ2v) is 4.40. The topological polar surface area (TPSA) is 52.3 Å². The predicted molar refractivity (Wildman–Crippen MR) is 69.7 cm³/mol. The van der Waals surface area contributed by atoms with Gasteiger partial charge < -0.3 is 10.5 Å². The number of carbonyl (C=O) groups excluding carboxylic acids is 1. The fourth-order valence-electron chi connectivity index (χ4n) is 2.16. The highest BCUT2D eigenvalue weighted by molar-refractivity contribution is 6.00. The van der Waals surface area contributed by atoms with Crippen LogP contribution < -0.4 is 10.5 Å². The number of Topliss-reactive ketones (excluding diaryl/α,β-unsaturated/α-hetero) is 1. The molecule has 0 aromatic heterocycles. The number of anilines is 1. The lowest BCUT2D eigenvalue weighted by molar-refractivity contribution is 0.0825. The molecule has 0 saturated carbocycles. The van der Waals surface area contributed by atoms with E-state index in [9.17, 15) is 4.79 Å². The summed E-state index contributed by atoms with van der Waals surface area (Å²) < 4.78 is 5.67. The minimum atomic E-state index is -0.411. The third kappa shape index (κ3) is 1.84. The van der Waals surface area contributed by atoms with Crippen molar-refractivity contribution in [1.29, 1.82) is 0 Å². The lowest BCUT2D eigenvalue weighted by Gasteiger charge is -2.09. The highest BCUT2D eigenvalue weighted by atomic mass is 16.5. The minimum absolute atomic E-state index is 0.00574. The van der Waals surface area contributed by atoms with E-state index in [0.717, 1.165) is 11.3 Å². The number of nitrogens with two attached hydrogens (primary N) is 1. The molecule has 2 aromatic rings. The second kappa shape index (κ2) is 4.18. The summed E-state index contributed by atoms with van der Waals surface area (Å²) >= 11 is 0. The SMILES string of the molecule is Nc1ccc(C(=O)C2Cc3ccccc3O2)cc1. The fourth-order valence-corrected chi connectivity index (χ4v) is 2.16. The molecule has 1 unspecified atom stereocenters. The molecule has 90 valence electrons. The highest BCUT2D eigenvalue weighted by Gasteiger charge is 2.29. The van der Waals surface area contributed by atoms with Gasteiger partial charge in [-0.3, -0.25) is 4.79 Å². The van der Waals surface area contributed by atoms with Gasteiger partial charge in [0.2, 0.25) is 5.78 Å². The van der Waals surface area contributed by atoms with Crippen LogP contribution >= 0.6 is 0 Å². The maximum atomic E-state index is 12.3. The molecule has 1 aliphatic heterocycles. The first-order valence-corrected chi connectivity index (χ1v) is 5.88. The first-order chi connectivity index (χ1) is 8.74. The molecule has 2 aromatic carbocycles. The van der Waals surface area contributed by atoms with E-state index in [1.807, 2.05) is 24.3 Å². The third-order valence-corrected chi connectivity index (χ3v) is 3.13. The summed E-state index contributed by atoms with van der Waals surface area (Å²) in [5, 5.41) is 0. The zero-order chi connectivity index (χ0) is 12.5. The van der Waals surface area contributed by atoms with E-state index in [2.05, 4.69) is 0 Å². The number of nitrogen functional groups attached to an aromatic ring is 1. The summed E-state index contributed by atoms with van der Waals surface area (Å²) in [6.07, 6.45) is 0.227. The van der Waals surface area contributed by atoms with Crippen molar-refractivity contribution in [3.63, 3.8) is 0 Å². The molecule has 0 fully saturated rings. The maximum absolute atomic E-state index is 12.3. The van der Waals surface area contributed by atoms with Gasteiger partial charge in [0.05, 0.1) is 0 Å². The number of fused-ring (bicyclic) bond motifs is 1. The van der Waals surface area contributed by atoms with E-state index in [0.29, 0.717) is 17.7 Å². The van der Waals surface area contributed by atoms with Crippen molar-refractivity contribution in [3.05, 3.63) is 59.7 Å². The Morgan fingerprint density at radius 3 is 2.56 bits per heavy atom. The molecule has 0 amide bonds. The summed E-state index contributed by atoms with van der Waals surface area (Å²) in [5.74, 6) is 0.817. The van der Waals surface area contributed by atoms with E-state index >= 15 is 0 Å². The smallest absolute Gasteiger partial charge is 0.203 e. The van der Waals surface area contributed by atoms with Crippen molar-refractivity contribution in [2.75, 3.05) is 5.73 Å². The Balaban J connectivity index is 1.82. The second-order valence-electron chi connectivity index (χ2n) is 4.40. The lowest BCUT2D eigenvalue weighted by atomic mass is 10.0. The maximum Gasteiger partial charge on any atom is 0.203 e. The molecule has 1 heterocycles. The Morgan fingerprint density at radius 1 is 1.11 bits per heavy atom. The van der Waals surface area contributed by atoms with E-state index in [1.165, 1.54) is 0 Å². The van der Waals surface area contributed by atoms with Crippen molar-refractivity contribution in [3.8, 4) is 5.75 Å². The van der Waals surface area contributed by atoms with Crippen LogP contribution in [0.1, 0.15) is 15.9 Å². The van der Waals surface area contributed by atoms with Gasteiger partial charge in [-0.15, -0.1) is 0 Å². The molecule has 2 N–H and O–H groups in total. The molecule has 3 heteroatoms.